The van der Waals surface area contributed by atoms with Crippen molar-refractivity contribution in [2.24, 2.45) is 5.41 Å². The Balaban J connectivity index is 1.88. The van der Waals surface area contributed by atoms with Crippen molar-refractivity contribution in [1.82, 2.24) is 10.3 Å². The van der Waals surface area contributed by atoms with Gasteiger partial charge in [-0.05, 0) is 36.4 Å². The van der Waals surface area contributed by atoms with Gasteiger partial charge in [0.2, 0.25) is 0 Å². The fourth-order valence-electron chi connectivity index (χ4n) is 2.21. The van der Waals surface area contributed by atoms with Crippen molar-refractivity contribution < 1.29 is 4.74 Å². The number of aromatic nitrogens is 1. The molecule has 1 aromatic rings. The number of nitrogens with zero attached hydrogens (tertiary/aromatic N) is 1. The van der Waals surface area contributed by atoms with Gasteiger partial charge >= 0.3 is 0 Å². The molecule has 1 atom stereocenters. The van der Waals surface area contributed by atoms with Crippen molar-refractivity contribution >= 4 is 6.08 Å². The first kappa shape index (κ1) is 15.8. The van der Waals surface area contributed by atoms with E-state index in [2.05, 4.69) is 49.3 Å². The molecule has 3 nitrogen and oxygen atoms in total. The molecule has 1 N–H and O–H groups in total. The molecule has 0 spiro atoms. The molecule has 2 rings (SSSR count). The second kappa shape index (κ2) is 7.41. The van der Waals surface area contributed by atoms with Gasteiger partial charge < -0.3 is 10.1 Å². The molecule has 0 aliphatic carbocycles. The summed E-state index contributed by atoms with van der Waals surface area (Å²) in [4.78, 5) is 4.24. The minimum Gasteiger partial charge on any atom is -0.490 e. The van der Waals surface area contributed by atoms with Crippen LogP contribution in [0.3, 0.4) is 0 Å². The van der Waals surface area contributed by atoms with E-state index in [-0.39, 0.29) is 5.41 Å². The number of ether oxygens (including phenoxy) is 1. The zero-order chi connectivity index (χ0) is 15.1. The van der Waals surface area contributed by atoms with E-state index in [1.165, 1.54) is 12.8 Å². The maximum Gasteiger partial charge on any atom is 0.138 e. The van der Waals surface area contributed by atoms with Crippen LogP contribution < -0.4 is 10.1 Å². The van der Waals surface area contributed by atoms with Crippen LogP contribution in [0.4, 0.5) is 0 Å². The summed E-state index contributed by atoms with van der Waals surface area (Å²) in [5, 5.41) is 3.43. The Morgan fingerprint density at radius 2 is 2.19 bits per heavy atom. The van der Waals surface area contributed by atoms with E-state index in [1.807, 2.05) is 18.3 Å². The summed E-state index contributed by atoms with van der Waals surface area (Å²) >= 11 is 0. The third kappa shape index (κ3) is 6.13. The van der Waals surface area contributed by atoms with Gasteiger partial charge in [0.25, 0.3) is 0 Å². The molecule has 1 aromatic heterocycles. The van der Waals surface area contributed by atoms with Crippen LogP contribution in [0.5, 0.6) is 5.75 Å². The molecule has 3 heteroatoms. The Bertz CT molecular complexity index is 494. The Hall–Kier alpha value is -1.61. The van der Waals surface area contributed by atoms with E-state index in [0.717, 1.165) is 24.5 Å². The number of allylic oxidation sites excluding steroid dienone is 3. The van der Waals surface area contributed by atoms with Gasteiger partial charge in [-0.2, -0.15) is 0 Å². The van der Waals surface area contributed by atoms with Crippen LogP contribution in [0, 0.1) is 5.41 Å². The maximum atomic E-state index is 5.81. The number of nitrogens with one attached hydrogen (secondary N) is 1. The topological polar surface area (TPSA) is 34.1 Å². The van der Waals surface area contributed by atoms with E-state index < -0.39 is 0 Å². The van der Waals surface area contributed by atoms with E-state index in [9.17, 15) is 0 Å². The smallest absolute Gasteiger partial charge is 0.138 e. The van der Waals surface area contributed by atoms with E-state index in [1.54, 1.807) is 6.20 Å². The summed E-state index contributed by atoms with van der Waals surface area (Å²) in [7, 11) is 0. The summed E-state index contributed by atoms with van der Waals surface area (Å²) in [6.45, 7) is 8.38. The van der Waals surface area contributed by atoms with Crippen LogP contribution in [0.15, 0.2) is 36.7 Å². The molecule has 0 saturated carbocycles. The number of hydrogen-bond donors (Lipinski definition) is 1. The largest absolute Gasteiger partial charge is 0.490 e. The van der Waals surface area contributed by atoms with Crippen molar-refractivity contribution in [3.8, 4) is 5.75 Å². The predicted octanol–water partition coefficient (Wildman–Crippen LogP) is 3.83. The highest BCUT2D eigenvalue weighted by Crippen LogP contribution is 2.16. The molecule has 2 heterocycles. The first-order valence-electron chi connectivity index (χ1n) is 7.70. The zero-order valence-electron chi connectivity index (χ0n) is 13.3. The fourth-order valence-corrected chi connectivity index (χ4v) is 2.21. The SMILES string of the molecule is CC(C)(C)/C=C/C=C/c1cncc(OCC2CCCN2)c1. The minimum atomic E-state index is 0.210. The maximum absolute atomic E-state index is 5.81. The third-order valence-electron chi connectivity index (χ3n) is 3.34. The normalized spacial score (nSPS) is 19.7. The van der Waals surface area contributed by atoms with Crippen molar-refractivity contribution in [2.75, 3.05) is 13.2 Å². The highest BCUT2D eigenvalue weighted by atomic mass is 16.5. The van der Waals surface area contributed by atoms with Gasteiger partial charge in [-0.15, -0.1) is 0 Å². The monoisotopic (exact) mass is 286 g/mol. The van der Waals surface area contributed by atoms with Crippen molar-refractivity contribution in [3.05, 3.63) is 42.3 Å². The Morgan fingerprint density at radius 1 is 1.33 bits per heavy atom. The summed E-state index contributed by atoms with van der Waals surface area (Å²) in [5.74, 6) is 0.839. The third-order valence-corrected chi connectivity index (χ3v) is 3.34. The van der Waals surface area contributed by atoms with Crippen LogP contribution in [0.25, 0.3) is 6.08 Å². The molecule has 0 amide bonds. The summed E-state index contributed by atoms with van der Waals surface area (Å²) in [6.07, 6.45) is 14.4. The van der Waals surface area contributed by atoms with Gasteiger partial charge in [0.05, 0.1) is 6.20 Å². The summed E-state index contributed by atoms with van der Waals surface area (Å²) < 4.78 is 5.81. The van der Waals surface area contributed by atoms with Crippen molar-refractivity contribution in [1.29, 1.82) is 0 Å². The first-order valence-corrected chi connectivity index (χ1v) is 7.70. The average molecular weight is 286 g/mol. The Kier molecular flexibility index (Phi) is 5.57. The van der Waals surface area contributed by atoms with Gasteiger partial charge in [0.15, 0.2) is 0 Å². The molecule has 0 bridgehead atoms. The van der Waals surface area contributed by atoms with E-state index in [4.69, 9.17) is 4.74 Å². The number of rotatable bonds is 5. The lowest BCUT2D eigenvalue weighted by molar-refractivity contribution is 0.276. The number of hydrogen-bond acceptors (Lipinski definition) is 3. The van der Waals surface area contributed by atoms with Crippen LogP contribution in [0.2, 0.25) is 0 Å². The highest BCUT2D eigenvalue weighted by molar-refractivity contribution is 5.51. The lowest BCUT2D eigenvalue weighted by Gasteiger charge is -2.12. The highest BCUT2D eigenvalue weighted by Gasteiger charge is 2.14. The molecule has 1 aliphatic rings. The zero-order valence-corrected chi connectivity index (χ0v) is 13.3. The first-order chi connectivity index (χ1) is 10.0. The van der Waals surface area contributed by atoms with Crippen LogP contribution in [-0.4, -0.2) is 24.2 Å². The van der Waals surface area contributed by atoms with E-state index in [0.29, 0.717) is 6.04 Å². The van der Waals surface area contributed by atoms with Crippen LogP contribution in [-0.2, 0) is 0 Å². The van der Waals surface area contributed by atoms with Gasteiger partial charge in [-0.25, -0.2) is 0 Å². The Labute approximate surface area is 128 Å². The van der Waals surface area contributed by atoms with Gasteiger partial charge in [0.1, 0.15) is 12.4 Å². The average Bonchev–Trinajstić information content (AvgIpc) is 2.94. The molecule has 1 unspecified atom stereocenters. The molecule has 1 saturated heterocycles. The second-order valence-corrected chi connectivity index (χ2v) is 6.64. The van der Waals surface area contributed by atoms with Crippen molar-refractivity contribution in [2.45, 2.75) is 39.7 Å². The summed E-state index contributed by atoms with van der Waals surface area (Å²) in [6, 6.07) is 2.52. The summed E-state index contributed by atoms with van der Waals surface area (Å²) in [5.41, 5.74) is 1.27. The Morgan fingerprint density at radius 3 is 2.90 bits per heavy atom. The lowest BCUT2D eigenvalue weighted by Crippen LogP contribution is -2.28. The van der Waals surface area contributed by atoms with Gasteiger partial charge in [-0.3, -0.25) is 4.98 Å². The quantitative estimate of drug-likeness (QED) is 0.835. The lowest BCUT2D eigenvalue weighted by atomic mass is 9.96. The standard InChI is InChI=1S/C18H26N2O/c1-18(2,3)9-5-4-7-15-11-17(13-19-12-15)21-14-16-8-6-10-20-16/h4-5,7,9,11-13,16,20H,6,8,10,14H2,1-3H3/b7-4+,9-5+. The molecule has 114 valence electrons. The van der Waals surface area contributed by atoms with Gasteiger partial charge in [0, 0.05) is 12.2 Å². The second-order valence-electron chi connectivity index (χ2n) is 6.64. The fraction of sp³-hybridized carbons (Fsp3) is 0.500. The molecule has 0 radical (unpaired) electrons. The molecular formula is C18H26N2O. The molecule has 1 fully saturated rings. The number of pyridine rings is 1. The van der Waals surface area contributed by atoms with Crippen LogP contribution in [0.1, 0.15) is 39.2 Å². The molecule has 0 aromatic carbocycles. The molecule has 1 aliphatic heterocycles. The van der Waals surface area contributed by atoms with Crippen molar-refractivity contribution in [3.63, 3.8) is 0 Å². The van der Waals surface area contributed by atoms with E-state index >= 15 is 0 Å². The predicted molar refractivity (Wildman–Crippen MR) is 88.4 cm³/mol. The van der Waals surface area contributed by atoms with Gasteiger partial charge in [-0.1, -0.05) is 45.1 Å². The minimum absolute atomic E-state index is 0.210. The van der Waals surface area contributed by atoms with Crippen LogP contribution >= 0.6 is 0 Å². The molecular weight excluding hydrogens is 260 g/mol. The molecule has 21 heavy (non-hydrogen) atoms.